The Morgan fingerprint density at radius 1 is 0.923 bits per heavy atom. The summed E-state index contributed by atoms with van der Waals surface area (Å²) in [4.78, 5) is 24.8. The van der Waals surface area contributed by atoms with E-state index in [1.165, 1.54) is 59.9 Å². The highest BCUT2D eigenvalue weighted by atomic mass is 35.5. The molecule has 3 aromatic rings. The third-order valence-electron chi connectivity index (χ3n) is 6.08. The summed E-state index contributed by atoms with van der Waals surface area (Å²) in [7, 11) is -6.22. The highest BCUT2D eigenvalue weighted by Crippen LogP contribution is 2.25. The van der Waals surface area contributed by atoms with Gasteiger partial charge >= 0.3 is 5.97 Å². The highest BCUT2D eigenvalue weighted by Gasteiger charge is 2.27. The van der Waals surface area contributed by atoms with Crippen LogP contribution in [0.25, 0.3) is 0 Å². The van der Waals surface area contributed by atoms with Gasteiger partial charge in [-0.1, -0.05) is 23.7 Å². The van der Waals surface area contributed by atoms with Crippen molar-refractivity contribution in [1.29, 1.82) is 0 Å². The molecule has 1 aliphatic rings. The van der Waals surface area contributed by atoms with Gasteiger partial charge in [0.05, 0.1) is 21.0 Å². The fourth-order valence-electron chi connectivity index (χ4n) is 3.95. The summed E-state index contributed by atoms with van der Waals surface area (Å²) < 4.78 is 58.9. The van der Waals surface area contributed by atoms with Crippen molar-refractivity contribution in [2.45, 2.75) is 22.6 Å². The molecule has 1 N–H and O–H groups in total. The smallest absolute Gasteiger partial charge is 0.338 e. The number of nitrogens with zero attached hydrogens (tertiary/aromatic N) is 2. The summed E-state index contributed by atoms with van der Waals surface area (Å²) in [5.41, 5.74) is 0.613. The molecule has 0 saturated carbocycles. The molecule has 13 heteroatoms. The van der Waals surface area contributed by atoms with Crippen LogP contribution >= 0.6 is 11.6 Å². The van der Waals surface area contributed by atoms with Crippen LogP contribution in [0.5, 0.6) is 0 Å². The second kappa shape index (κ2) is 11.7. The molecule has 4 rings (SSSR count). The summed E-state index contributed by atoms with van der Waals surface area (Å²) in [5.74, 6) is -1.54. The van der Waals surface area contributed by atoms with Gasteiger partial charge in [0.15, 0.2) is 6.61 Å². The van der Waals surface area contributed by atoms with Crippen molar-refractivity contribution < 1.29 is 31.2 Å². The maximum atomic E-state index is 13.1. The molecule has 0 aliphatic carbocycles. The first-order chi connectivity index (χ1) is 18.5. The molecule has 206 valence electrons. The van der Waals surface area contributed by atoms with Gasteiger partial charge in [0.25, 0.3) is 15.9 Å². The Hall–Kier alpha value is -3.45. The van der Waals surface area contributed by atoms with Gasteiger partial charge < -0.3 is 10.1 Å². The van der Waals surface area contributed by atoms with Crippen LogP contribution in [-0.2, 0) is 29.6 Å². The lowest BCUT2D eigenvalue weighted by Gasteiger charge is -2.20. The first-order valence-corrected chi connectivity index (χ1v) is 15.2. The summed E-state index contributed by atoms with van der Waals surface area (Å²) in [6.07, 6.45) is 1.65. The second-order valence-corrected chi connectivity index (χ2v) is 13.1. The highest BCUT2D eigenvalue weighted by molar-refractivity contribution is 7.92. The number of halogens is 1. The Kier molecular flexibility index (Phi) is 8.60. The van der Waals surface area contributed by atoms with E-state index in [0.29, 0.717) is 29.5 Å². The molecule has 0 unspecified atom stereocenters. The summed E-state index contributed by atoms with van der Waals surface area (Å²) in [6.45, 7) is 0.339. The van der Waals surface area contributed by atoms with Crippen LogP contribution in [0.4, 0.5) is 11.4 Å². The minimum Gasteiger partial charge on any atom is -0.452 e. The van der Waals surface area contributed by atoms with Crippen LogP contribution < -0.4 is 9.62 Å². The van der Waals surface area contributed by atoms with Crippen molar-refractivity contribution in [2.75, 3.05) is 36.4 Å². The van der Waals surface area contributed by atoms with E-state index in [0.717, 1.165) is 23.2 Å². The Morgan fingerprint density at radius 3 is 2.26 bits per heavy atom. The molecule has 1 fully saturated rings. The molecule has 1 amide bonds. The number of hydrogen-bond donors (Lipinski definition) is 1. The lowest BCUT2D eigenvalue weighted by Crippen LogP contribution is -2.27. The van der Waals surface area contributed by atoms with E-state index in [4.69, 9.17) is 16.3 Å². The maximum absolute atomic E-state index is 13.1. The normalized spacial score (nSPS) is 14.1. The molecule has 1 heterocycles. The van der Waals surface area contributed by atoms with Gasteiger partial charge in [-0.05, 0) is 73.5 Å². The lowest BCUT2D eigenvalue weighted by molar-refractivity contribution is -0.119. The van der Waals surface area contributed by atoms with Gasteiger partial charge in [-0.2, -0.15) is 4.31 Å². The third kappa shape index (κ3) is 6.59. The third-order valence-corrected chi connectivity index (χ3v) is 10.0. The molecule has 1 aliphatic heterocycles. The standard InChI is InChI=1S/C26H26ClN3O7S2/c1-29(22-8-5-7-20(27)17-22)38(33,34)24-9-4-6-19(16-24)26(32)37-18-25(31)28-21-10-12-23(13-11-21)39(35,36)30-14-2-3-15-30/h4-13,16-17H,2-3,14-15,18H2,1H3,(H,28,31). The summed E-state index contributed by atoms with van der Waals surface area (Å²) in [5, 5.41) is 2.90. The topological polar surface area (TPSA) is 130 Å². The predicted octanol–water partition coefficient (Wildman–Crippen LogP) is 3.75. The molecule has 3 aromatic carbocycles. The number of carbonyl (C=O) groups is 2. The number of anilines is 2. The Bertz CT molecular complexity index is 1590. The molecule has 0 aromatic heterocycles. The van der Waals surface area contributed by atoms with Crippen molar-refractivity contribution in [3.05, 3.63) is 83.4 Å². The zero-order valence-corrected chi connectivity index (χ0v) is 23.3. The van der Waals surface area contributed by atoms with Crippen molar-refractivity contribution in [2.24, 2.45) is 0 Å². The number of sulfonamides is 2. The number of benzene rings is 3. The molecule has 0 radical (unpaired) electrons. The molecule has 39 heavy (non-hydrogen) atoms. The fraction of sp³-hybridized carbons (Fsp3) is 0.231. The van der Waals surface area contributed by atoms with Crippen LogP contribution in [0.15, 0.2) is 82.6 Å². The van der Waals surface area contributed by atoms with Crippen LogP contribution in [0.1, 0.15) is 23.2 Å². The van der Waals surface area contributed by atoms with Crippen molar-refractivity contribution >= 4 is 54.9 Å². The second-order valence-electron chi connectivity index (χ2n) is 8.74. The molecule has 0 spiro atoms. The van der Waals surface area contributed by atoms with Gasteiger partial charge in [0, 0.05) is 30.8 Å². The monoisotopic (exact) mass is 591 g/mol. The van der Waals surface area contributed by atoms with E-state index in [2.05, 4.69) is 5.32 Å². The number of hydrogen-bond acceptors (Lipinski definition) is 7. The van der Waals surface area contributed by atoms with Crippen molar-refractivity contribution in [3.63, 3.8) is 0 Å². The maximum Gasteiger partial charge on any atom is 0.338 e. The Balaban J connectivity index is 1.36. The van der Waals surface area contributed by atoms with E-state index in [1.807, 2.05) is 0 Å². The molecule has 1 saturated heterocycles. The SMILES string of the molecule is CN(c1cccc(Cl)c1)S(=O)(=O)c1cccc(C(=O)OCC(=O)Nc2ccc(S(=O)(=O)N3CCCC3)cc2)c1. The molecule has 0 atom stereocenters. The van der Waals surface area contributed by atoms with E-state index in [9.17, 15) is 26.4 Å². The van der Waals surface area contributed by atoms with Gasteiger partial charge in [0.1, 0.15) is 0 Å². The summed E-state index contributed by atoms with van der Waals surface area (Å²) in [6, 6.07) is 17.3. The zero-order chi connectivity index (χ0) is 28.2. The van der Waals surface area contributed by atoms with Gasteiger partial charge in [-0.25, -0.2) is 21.6 Å². The van der Waals surface area contributed by atoms with Crippen molar-refractivity contribution in [1.82, 2.24) is 4.31 Å². The average molecular weight is 592 g/mol. The van der Waals surface area contributed by atoms with Crippen LogP contribution in [-0.4, -0.2) is 59.8 Å². The number of esters is 1. The Morgan fingerprint density at radius 2 is 1.59 bits per heavy atom. The molecular weight excluding hydrogens is 566 g/mol. The molecule has 10 nitrogen and oxygen atoms in total. The first kappa shape index (κ1) is 28.6. The summed E-state index contributed by atoms with van der Waals surface area (Å²) >= 11 is 5.97. The van der Waals surface area contributed by atoms with E-state index in [-0.39, 0.29) is 15.4 Å². The number of rotatable bonds is 9. The number of nitrogens with one attached hydrogen (secondary N) is 1. The molecule has 0 bridgehead atoms. The van der Waals surface area contributed by atoms with Crippen LogP contribution in [0, 0.1) is 0 Å². The molecular formula is C26H26ClN3O7S2. The lowest BCUT2D eigenvalue weighted by atomic mass is 10.2. The number of carbonyl (C=O) groups excluding carboxylic acids is 2. The van der Waals surface area contributed by atoms with Gasteiger partial charge in [-0.15, -0.1) is 0 Å². The quantitative estimate of drug-likeness (QED) is 0.375. The first-order valence-electron chi connectivity index (χ1n) is 11.9. The Labute approximate surface area is 232 Å². The minimum atomic E-state index is -4.01. The van der Waals surface area contributed by atoms with Crippen LogP contribution in [0.2, 0.25) is 5.02 Å². The van der Waals surface area contributed by atoms with Gasteiger partial charge in [-0.3, -0.25) is 9.10 Å². The number of amides is 1. The van der Waals surface area contributed by atoms with E-state index >= 15 is 0 Å². The van der Waals surface area contributed by atoms with Gasteiger partial charge in [0.2, 0.25) is 10.0 Å². The van der Waals surface area contributed by atoms with E-state index in [1.54, 1.807) is 18.2 Å². The van der Waals surface area contributed by atoms with Crippen LogP contribution in [0.3, 0.4) is 0 Å². The fourth-order valence-corrected chi connectivity index (χ4v) is 6.89. The predicted molar refractivity (Wildman–Crippen MR) is 147 cm³/mol. The zero-order valence-electron chi connectivity index (χ0n) is 20.9. The minimum absolute atomic E-state index is 0.0557. The van der Waals surface area contributed by atoms with E-state index < -0.39 is 38.5 Å². The van der Waals surface area contributed by atoms with Crippen molar-refractivity contribution in [3.8, 4) is 0 Å². The number of ether oxygens (including phenoxy) is 1. The average Bonchev–Trinajstić information content (AvgIpc) is 3.48. The largest absolute Gasteiger partial charge is 0.452 e.